The number of non-ortho nitro benzene ring substituents is 1. The number of hydrogen-bond donors (Lipinski definition) is 0. The molecule has 0 aliphatic carbocycles. The van der Waals surface area contributed by atoms with Crippen molar-refractivity contribution in [2.24, 2.45) is 0 Å². The van der Waals surface area contributed by atoms with Gasteiger partial charge in [-0.05, 0) is 41.5 Å². The molecule has 0 heterocycles. The number of benzene rings is 2. The molecule has 2 rings (SSSR count). The minimum atomic E-state index is -0.457. The van der Waals surface area contributed by atoms with Crippen LogP contribution in [0.5, 0.6) is 5.75 Å². The van der Waals surface area contributed by atoms with Gasteiger partial charge in [-0.3, -0.25) is 14.9 Å². The monoisotopic (exact) mass is 326 g/mol. The van der Waals surface area contributed by atoms with Gasteiger partial charge in [-0.25, -0.2) is 0 Å². The number of carbonyl (C=O) groups excluding carboxylic acids is 1. The van der Waals surface area contributed by atoms with Gasteiger partial charge >= 0.3 is 0 Å². The number of amides is 1. The van der Waals surface area contributed by atoms with E-state index in [0.29, 0.717) is 6.54 Å². The van der Waals surface area contributed by atoms with Gasteiger partial charge in [0.1, 0.15) is 5.75 Å². The number of ether oxygens (including phenoxy) is 1. The van der Waals surface area contributed by atoms with E-state index in [1.165, 1.54) is 18.2 Å². The molecular weight excluding hydrogens is 308 g/mol. The first kappa shape index (κ1) is 17.2. The summed E-state index contributed by atoms with van der Waals surface area (Å²) in [7, 11) is 3.32. The van der Waals surface area contributed by atoms with E-state index < -0.39 is 4.92 Å². The molecule has 0 unspecified atom stereocenters. The highest BCUT2D eigenvalue weighted by Gasteiger charge is 2.07. The van der Waals surface area contributed by atoms with E-state index in [4.69, 9.17) is 4.74 Å². The molecule has 2 aromatic carbocycles. The average molecular weight is 326 g/mol. The fourth-order valence-corrected chi connectivity index (χ4v) is 2.08. The number of carbonyl (C=O) groups is 1. The molecule has 0 spiro atoms. The Kier molecular flexibility index (Phi) is 5.68. The van der Waals surface area contributed by atoms with E-state index in [1.54, 1.807) is 37.3 Å². The van der Waals surface area contributed by atoms with Gasteiger partial charge in [-0.15, -0.1) is 0 Å². The van der Waals surface area contributed by atoms with Crippen LogP contribution < -0.4 is 4.74 Å². The Bertz CT molecular complexity index is 737. The minimum absolute atomic E-state index is 0.0232. The molecule has 1 amide bonds. The molecule has 0 saturated carbocycles. The van der Waals surface area contributed by atoms with Gasteiger partial charge in [-0.2, -0.15) is 0 Å². The summed E-state index contributed by atoms with van der Waals surface area (Å²) in [5.41, 5.74) is 1.75. The molecule has 0 bridgehead atoms. The van der Waals surface area contributed by atoms with Gasteiger partial charge in [0.15, 0.2) is 0 Å². The third-order valence-corrected chi connectivity index (χ3v) is 3.48. The van der Waals surface area contributed by atoms with Crippen LogP contribution in [0.4, 0.5) is 5.69 Å². The lowest BCUT2D eigenvalue weighted by Gasteiger charge is -2.15. The van der Waals surface area contributed by atoms with Gasteiger partial charge in [-0.1, -0.05) is 12.1 Å². The Balaban J connectivity index is 1.95. The second-order valence-electron chi connectivity index (χ2n) is 5.22. The molecule has 0 aliphatic rings. The maximum atomic E-state index is 12.1. The maximum absolute atomic E-state index is 12.1. The number of nitro groups is 1. The zero-order valence-corrected chi connectivity index (χ0v) is 13.5. The van der Waals surface area contributed by atoms with Crippen molar-refractivity contribution in [3.05, 3.63) is 75.8 Å². The van der Waals surface area contributed by atoms with E-state index in [1.807, 2.05) is 24.3 Å². The van der Waals surface area contributed by atoms with E-state index in [9.17, 15) is 14.9 Å². The zero-order valence-electron chi connectivity index (χ0n) is 13.5. The number of rotatable bonds is 6. The Labute approximate surface area is 140 Å². The van der Waals surface area contributed by atoms with E-state index in [2.05, 4.69) is 0 Å². The van der Waals surface area contributed by atoms with Crippen molar-refractivity contribution in [1.29, 1.82) is 0 Å². The summed E-state index contributed by atoms with van der Waals surface area (Å²) in [6, 6.07) is 13.5. The van der Waals surface area contributed by atoms with Crippen LogP contribution in [0.15, 0.2) is 54.6 Å². The van der Waals surface area contributed by atoms with Crippen LogP contribution in [0.3, 0.4) is 0 Å². The quantitative estimate of drug-likeness (QED) is 0.464. The molecule has 0 N–H and O–H groups in total. The van der Waals surface area contributed by atoms with Crippen LogP contribution in [-0.4, -0.2) is 29.9 Å². The van der Waals surface area contributed by atoms with Crippen molar-refractivity contribution in [3.63, 3.8) is 0 Å². The molecule has 24 heavy (non-hydrogen) atoms. The van der Waals surface area contributed by atoms with Crippen molar-refractivity contribution in [2.75, 3.05) is 14.2 Å². The largest absolute Gasteiger partial charge is 0.497 e. The smallest absolute Gasteiger partial charge is 0.269 e. The highest BCUT2D eigenvalue weighted by Crippen LogP contribution is 2.14. The summed E-state index contributed by atoms with van der Waals surface area (Å²) in [4.78, 5) is 23.9. The van der Waals surface area contributed by atoms with Gasteiger partial charge in [0, 0.05) is 31.8 Å². The first-order chi connectivity index (χ1) is 11.5. The van der Waals surface area contributed by atoms with Gasteiger partial charge < -0.3 is 9.64 Å². The molecule has 0 fully saturated rings. The van der Waals surface area contributed by atoms with Crippen LogP contribution in [0.1, 0.15) is 11.1 Å². The fraction of sp³-hybridized carbons (Fsp3) is 0.167. The van der Waals surface area contributed by atoms with Crippen molar-refractivity contribution in [2.45, 2.75) is 6.54 Å². The summed E-state index contributed by atoms with van der Waals surface area (Å²) in [5, 5.41) is 10.6. The summed E-state index contributed by atoms with van der Waals surface area (Å²) in [6.07, 6.45) is 3.08. The maximum Gasteiger partial charge on any atom is 0.269 e. The predicted octanol–water partition coefficient (Wildman–Crippen LogP) is 3.28. The normalized spacial score (nSPS) is 10.6. The number of methoxy groups -OCH3 is 1. The van der Waals surface area contributed by atoms with E-state index >= 15 is 0 Å². The zero-order chi connectivity index (χ0) is 17.5. The van der Waals surface area contributed by atoms with Gasteiger partial charge in [0.05, 0.1) is 12.0 Å². The highest BCUT2D eigenvalue weighted by molar-refractivity contribution is 5.91. The molecule has 0 saturated heterocycles. The Morgan fingerprint density at radius 2 is 1.79 bits per heavy atom. The van der Waals surface area contributed by atoms with Crippen molar-refractivity contribution >= 4 is 17.7 Å². The lowest BCUT2D eigenvalue weighted by atomic mass is 10.2. The lowest BCUT2D eigenvalue weighted by Crippen LogP contribution is -2.24. The first-order valence-corrected chi connectivity index (χ1v) is 7.30. The standard InChI is InChI=1S/C18H18N2O4/c1-19(13-15-5-10-17(24-2)11-6-15)18(21)12-7-14-3-8-16(9-4-14)20(22)23/h3-12H,13H2,1-2H3/b12-7+. The minimum Gasteiger partial charge on any atom is -0.497 e. The van der Waals surface area contributed by atoms with Crippen LogP contribution >= 0.6 is 0 Å². The number of hydrogen-bond acceptors (Lipinski definition) is 4. The molecule has 0 radical (unpaired) electrons. The molecule has 2 aromatic rings. The van der Waals surface area contributed by atoms with Crippen LogP contribution in [-0.2, 0) is 11.3 Å². The molecule has 124 valence electrons. The Morgan fingerprint density at radius 3 is 2.33 bits per heavy atom. The van der Waals surface area contributed by atoms with Crippen molar-refractivity contribution < 1.29 is 14.5 Å². The van der Waals surface area contributed by atoms with E-state index in [-0.39, 0.29) is 11.6 Å². The molecular formula is C18H18N2O4. The third kappa shape index (κ3) is 4.67. The fourth-order valence-electron chi connectivity index (χ4n) is 2.08. The number of nitro benzene ring substituents is 1. The Morgan fingerprint density at radius 1 is 1.17 bits per heavy atom. The van der Waals surface area contributed by atoms with Crippen LogP contribution in [0.2, 0.25) is 0 Å². The third-order valence-electron chi connectivity index (χ3n) is 3.48. The SMILES string of the molecule is COc1ccc(CN(C)C(=O)/C=C/c2ccc([N+](=O)[O-])cc2)cc1. The second-order valence-corrected chi connectivity index (χ2v) is 5.22. The average Bonchev–Trinajstić information content (AvgIpc) is 2.60. The van der Waals surface area contributed by atoms with Crippen molar-refractivity contribution in [1.82, 2.24) is 4.90 Å². The summed E-state index contributed by atoms with van der Waals surface area (Å²) in [6.45, 7) is 0.480. The van der Waals surface area contributed by atoms with Gasteiger partial charge in [0.25, 0.3) is 5.69 Å². The van der Waals surface area contributed by atoms with Crippen LogP contribution in [0.25, 0.3) is 6.08 Å². The van der Waals surface area contributed by atoms with Crippen molar-refractivity contribution in [3.8, 4) is 5.75 Å². The molecule has 0 atom stereocenters. The number of likely N-dealkylation sites (N-methyl/N-ethyl adjacent to an activating group) is 1. The molecule has 0 aliphatic heterocycles. The van der Waals surface area contributed by atoms with Gasteiger partial charge in [0.2, 0.25) is 5.91 Å². The first-order valence-electron chi connectivity index (χ1n) is 7.30. The predicted molar refractivity (Wildman–Crippen MR) is 91.6 cm³/mol. The highest BCUT2D eigenvalue weighted by atomic mass is 16.6. The van der Waals surface area contributed by atoms with Crippen LogP contribution in [0, 0.1) is 10.1 Å². The summed E-state index contributed by atoms with van der Waals surface area (Å²) >= 11 is 0. The second kappa shape index (κ2) is 7.92. The summed E-state index contributed by atoms with van der Waals surface area (Å²) in [5.74, 6) is 0.620. The molecule has 0 aromatic heterocycles. The molecule has 6 nitrogen and oxygen atoms in total. The lowest BCUT2D eigenvalue weighted by molar-refractivity contribution is -0.384. The Hall–Kier alpha value is -3.15. The van der Waals surface area contributed by atoms with E-state index in [0.717, 1.165) is 16.9 Å². The topological polar surface area (TPSA) is 72.7 Å². The summed E-state index contributed by atoms with van der Waals surface area (Å²) < 4.78 is 5.10. The number of nitrogens with zero attached hydrogens (tertiary/aromatic N) is 2. The molecule has 6 heteroatoms.